The van der Waals surface area contributed by atoms with Crippen LogP contribution in [0.5, 0.6) is 0 Å². The van der Waals surface area contributed by atoms with Gasteiger partial charge in [-0.1, -0.05) is 0 Å². The van der Waals surface area contributed by atoms with Gasteiger partial charge in [0.05, 0.1) is 0 Å². The number of rotatable bonds is 3. The van der Waals surface area contributed by atoms with Crippen LogP contribution in [0.4, 0.5) is 0 Å². The van der Waals surface area contributed by atoms with Crippen LogP contribution in [0.15, 0.2) is 0 Å². The van der Waals surface area contributed by atoms with Gasteiger partial charge >= 0.3 is 63.0 Å². The second-order valence-electron chi connectivity index (χ2n) is 2.71. The van der Waals surface area contributed by atoms with E-state index in [-0.39, 0.29) is 0 Å². The molecule has 0 heterocycles. The third-order valence-electron chi connectivity index (χ3n) is 1.40. The molecule has 0 aromatic rings. The van der Waals surface area contributed by atoms with Crippen molar-refractivity contribution in [3.8, 4) is 0 Å². The molecule has 0 rings (SSSR count). The molecule has 0 unspecified atom stereocenters. The molecule has 50 valence electrons. The van der Waals surface area contributed by atoms with Crippen LogP contribution in [0.3, 0.4) is 0 Å². The van der Waals surface area contributed by atoms with E-state index in [1.807, 2.05) is 0 Å². The molecule has 0 fully saturated rings. The van der Waals surface area contributed by atoms with Crippen LogP contribution < -0.4 is 0 Å². The Labute approximate surface area is 63.1 Å². The third kappa shape index (κ3) is 3.75. The van der Waals surface area contributed by atoms with E-state index in [0.717, 1.165) is 3.46 Å². The van der Waals surface area contributed by atoms with Gasteiger partial charge in [-0.25, -0.2) is 0 Å². The van der Waals surface area contributed by atoms with Gasteiger partial charge in [-0.3, -0.25) is 0 Å². The molecular formula is C7H16Te. The van der Waals surface area contributed by atoms with Crippen molar-refractivity contribution in [3.63, 3.8) is 0 Å². The summed E-state index contributed by atoms with van der Waals surface area (Å²) >= 11 is 0.300. The van der Waals surface area contributed by atoms with E-state index in [1.54, 1.807) is 0 Å². The van der Waals surface area contributed by atoms with Gasteiger partial charge in [0.2, 0.25) is 0 Å². The Morgan fingerprint density at radius 3 is 2.00 bits per heavy atom. The SMILES string of the molecule is CCCC(C)(C)[Te]C. The Balaban J connectivity index is 3.37. The summed E-state index contributed by atoms with van der Waals surface area (Å²) in [5.74, 6) is 0. The van der Waals surface area contributed by atoms with E-state index in [9.17, 15) is 0 Å². The molecule has 8 heavy (non-hydrogen) atoms. The quantitative estimate of drug-likeness (QED) is 0.651. The standard InChI is InChI=1S/C7H16Te/c1-5-6-7(2,3)8-4/h5-6H2,1-4H3. The van der Waals surface area contributed by atoms with E-state index in [4.69, 9.17) is 0 Å². The van der Waals surface area contributed by atoms with Gasteiger partial charge < -0.3 is 0 Å². The predicted octanol–water partition coefficient (Wildman–Crippen LogP) is 2.74. The second-order valence-corrected chi connectivity index (χ2v) is 7.03. The normalized spacial score (nSPS) is 12.0. The molecule has 0 bridgehead atoms. The first kappa shape index (κ1) is 8.79. The van der Waals surface area contributed by atoms with Gasteiger partial charge in [0.1, 0.15) is 0 Å². The van der Waals surface area contributed by atoms with Crippen LogP contribution in [-0.2, 0) is 0 Å². The Kier molecular flexibility index (Phi) is 4.12. The predicted molar refractivity (Wildman–Crippen MR) is 40.6 cm³/mol. The van der Waals surface area contributed by atoms with Crippen LogP contribution in [0.2, 0.25) is 8.43 Å². The van der Waals surface area contributed by atoms with Gasteiger partial charge in [-0.2, -0.15) is 0 Å². The zero-order chi connectivity index (χ0) is 6.62. The fourth-order valence-corrected chi connectivity index (χ4v) is 1.87. The first-order valence-electron chi connectivity index (χ1n) is 3.17. The molecule has 0 N–H and O–H groups in total. The van der Waals surface area contributed by atoms with Gasteiger partial charge in [0.25, 0.3) is 0 Å². The minimum atomic E-state index is 0.300. The first-order chi connectivity index (χ1) is 3.62. The molecule has 0 saturated carbocycles. The third-order valence-corrected chi connectivity index (χ3v) is 5.14. The summed E-state index contributed by atoms with van der Waals surface area (Å²) in [5, 5.41) is 0. The monoisotopic (exact) mass is 230 g/mol. The molecule has 0 saturated heterocycles. The summed E-state index contributed by atoms with van der Waals surface area (Å²) in [6, 6.07) is 0. The second kappa shape index (κ2) is 3.75. The Bertz CT molecular complexity index is 57.4. The van der Waals surface area contributed by atoms with Gasteiger partial charge in [-0.05, 0) is 0 Å². The maximum absolute atomic E-state index is 2.39. The van der Waals surface area contributed by atoms with E-state index in [0.29, 0.717) is 20.9 Å². The summed E-state index contributed by atoms with van der Waals surface area (Å²) < 4.78 is 0.722. The molecule has 0 nitrogen and oxygen atoms in total. The van der Waals surface area contributed by atoms with Crippen LogP contribution in [0, 0.1) is 0 Å². The zero-order valence-corrected chi connectivity index (χ0v) is 8.65. The van der Waals surface area contributed by atoms with Gasteiger partial charge in [-0.15, -0.1) is 0 Å². The molecule has 0 spiro atoms. The van der Waals surface area contributed by atoms with Crippen LogP contribution in [0.25, 0.3) is 0 Å². The van der Waals surface area contributed by atoms with Crippen LogP contribution in [0.1, 0.15) is 33.6 Å². The van der Waals surface area contributed by atoms with E-state index >= 15 is 0 Å². The van der Waals surface area contributed by atoms with Crippen molar-refractivity contribution in [2.75, 3.05) is 0 Å². The fourth-order valence-electron chi connectivity index (χ4n) is 0.704. The van der Waals surface area contributed by atoms with Crippen LogP contribution in [-0.4, -0.2) is 20.9 Å². The summed E-state index contributed by atoms with van der Waals surface area (Å²) in [6.07, 6.45) is 2.78. The van der Waals surface area contributed by atoms with Gasteiger partial charge in [0, 0.05) is 0 Å². The number of hydrogen-bond donors (Lipinski definition) is 0. The van der Waals surface area contributed by atoms with E-state index in [1.165, 1.54) is 12.8 Å². The molecule has 0 atom stereocenters. The molecule has 0 aliphatic heterocycles. The number of hydrogen-bond acceptors (Lipinski definition) is 0. The van der Waals surface area contributed by atoms with Crippen molar-refractivity contribution in [1.82, 2.24) is 0 Å². The van der Waals surface area contributed by atoms with Crippen molar-refractivity contribution in [1.29, 1.82) is 0 Å². The van der Waals surface area contributed by atoms with E-state index in [2.05, 4.69) is 25.7 Å². The zero-order valence-electron chi connectivity index (χ0n) is 6.32. The molecule has 0 aromatic carbocycles. The average Bonchev–Trinajstić information content (AvgIpc) is 1.67. The van der Waals surface area contributed by atoms with Crippen LogP contribution >= 0.6 is 0 Å². The minimum absolute atomic E-state index is 0.300. The molecule has 0 aromatic heterocycles. The topological polar surface area (TPSA) is 0 Å². The summed E-state index contributed by atoms with van der Waals surface area (Å²) in [7, 11) is 0. The van der Waals surface area contributed by atoms with E-state index < -0.39 is 0 Å². The molecule has 0 aliphatic carbocycles. The summed E-state index contributed by atoms with van der Waals surface area (Å²) in [5.41, 5.74) is 0. The van der Waals surface area contributed by atoms with Crippen molar-refractivity contribution >= 4 is 20.9 Å². The summed E-state index contributed by atoms with van der Waals surface area (Å²) in [4.78, 5) is 2.39. The van der Waals surface area contributed by atoms with Crippen molar-refractivity contribution < 1.29 is 0 Å². The van der Waals surface area contributed by atoms with Crippen molar-refractivity contribution in [2.24, 2.45) is 0 Å². The Morgan fingerprint density at radius 1 is 1.38 bits per heavy atom. The molecule has 0 amide bonds. The average molecular weight is 228 g/mol. The maximum atomic E-state index is 2.39. The molecule has 0 radical (unpaired) electrons. The molecule has 0 aliphatic rings. The molecular weight excluding hydrogens is 212 g/mol. The molecule has 1 heteroatoms. The Morgan fingerprint density at radius 2 is 1.88 bits per heavy atom. The summed E-state index contributed by atoms with van der Waals surface area (Å²) in [6.45, 7) is 7.04. The first-order valence-corrected chi connectivity index (χ1v) is 6.67. The fraction of sp³-hybridized carbons (Fsp3) is 1.00. The van der Waals surface area contributed by atoms with Crippen molar-refractivity contribution in [3.05, 3.63) is 0 Å². The van der Waals surface area contributed by atoms with Gasteiger partial charge in [0.15, 0.2) is 0 Å². The Hall–Kier alpha value is 0.790. The van der Waals surface area contributed by atoms with Crippen molar-refractivity contribution in [2.45, 2.75) is 42.0 Å².